The molecule has 1 aromatic carbocycles. The molecule has 5 rings (SSSR count). The highest BCUT2D eigenvalue weighted by atomic mass is 16.2. The van der Waals surface area contributed by atoms with E-state index < -0.39 is 0 Å². The molecular weight excluding hydrogens is 416 g/mol. The van der Waals surface area contributed by atoms with Gasteiger partial charge in [-0.25, -0.2) is 0 Å². The molecule has 0 unspecified atom stereocenters. The maximum absolute atomic E-state index is 12.9. The third-order valence-electron chi connectivity index (χ3n) is 6.09. The number of amides is 1. The molecule has 9 nitrogen and oxygen atoms in total. The number of aryl methyl sites for hydroxylation is 1. The number of nitrogens with zero attached hydrogens (tertiary/aromatic N) is 5. The van der Waals surface area contributed by atoms with Gasteiger partial charge in [0, 0.05) is 61.9 Å². The summed E-state index contributed by atoms with van der Waals surface area (Å²) >= 11 is 0. The summed E-state index contributed by atoms with van der Waals surface area (Å²) in [6.07, 6.45) is 5.23. The lowest BCUT2D eigenvalue weighted by Crippen LogP contribution is -2.43. The molecule has 3 aromatic heterocycles. The smallest absolute Gasteiger partial charge is 0.278 e. The maximum Gasteiger partial charge on any atom is 0.278 e. The van der Waals surface area contributed by atoms with Crippen LogP contribution in [0.15, 0.2) is 55.0 Å². The average molecular weight is 445 g/mol. The number of fused-ring (bicyclic) bond motifs is 1. The topological polar surface area (TPSA) is 94.1 Å². The van der Waals surface area contributed by atoms with Crippen molar-refractivity contribution in [2.45, 2.75) is 13.5 Å². The molecule has 1 amide bonds. The maximum atomic E-state index is 12.9. The minimum absolute atomic E-state index is 0.280. The van der Waals surface area contributed by atoms with Gasteiger partial charge in [0.2, 0.25) is 0 Å². The van der Waals surface area contributed by atoms with Gasteiger partial charge in [-0.2, -0.15) is 5.10 Å². The number of piperazine rings is 1. The van der Waals surface area contributed by atoms with E-state index in [0.717, 1.165) is 55.0 Å². The van der Waals surface area contributed by atoms with Crippen LogP contribution in [0.5, 0.6) is 0 Å². The predicted molar refractivity (Wildman–Crippen MR) is 129 cm³/mol. The Balaban J connectivity index is 1.25. The van der Waals surface area contributed by atoms with E-state index in [1.807, 2.05) is 29.8 Å². The summed E-state index contributed by atoms with van der Waals surface area (Å²) < 4.78 is 1.90. The van der Waals surface area contributed by atoms with Gasteiger partial charge in [-0.1, -0.05) is 12.1 Å². The average Bonchev–Trinajstić information content (AvgIpc) is 3.41. The van der Waals surface area contributed by atoms with Gasteiger partial charge in [0.1, 0.15) is 5.69 Å². The highest BCUT2D eigenvalue weighted by Gasteiger charge is 2.17. The zero-order valence-corrected chi connectivity index (χ0v) is 18.9. The Morgan fingerprint density at radius 1 is 1.12 bits per heavy atom. The number of pyridine rings is 1. The van der Waals surface area contributed by atoms with Crippen molar-refractivity contribution >= 4 is 28.2 Å². The van der Waals surface area contributed by atoms with Crippen molar-refractivity contribution in [3.63, 3.8) is 0 Å². The highest BCUT2D eigenvalue weighted by Crippen LogP contribution is 2.21. The standard InChI is InChI=1S/C24H28N8O/c1-17-13-19-7-8-25-15-22(19)32(17)29-21-14-26-28-23(21)24(33)27-20-5-3-18(4-6-20)16-31-11-9-30(2)10-12-31/h3-8,13-15,29H,9-12,16H2,1-2H3,(H,26,28)(H,27,33). The largest absolute Gasteiger partial charge is 0.321 e. The number of carbonyl (C=O) groups is 1. The summed E-state index contributed by atoms with van der Waals surface area (Å²) in [6.45, 7) is 7.28. The fraction of sp³-hybridized carbons (Fsp3) is 0.292. The zero-order chi connectivity index (χ0) is 22.8. The number of carbonyl (C=O) groups excluding carboxylic acids is 1. The molecular formula is C24H28N8O. The molecule has 1 saturated heterocycles. The number of likely N-dealkylation sites (N-methyl/N-ethyl adjacent to an activating group) is 1. The van der Waals surface area contributed by atoms with Crippen molar-refractivity contribution in [2.24, 2.45) is 0 Å². The fourth-order valence-corrected chi connectivity index (χ4v) is 4.15. The summed E-state index contributed by atoms with van der Waals surface area (Å²) in [6, 6.07) is 12.0. The Morgan fingerprint density at radius 3 is 2.70 bits per heavy atom. The second-order valence-electron chi connectivity index (χ2n) is 8.55. The highest BCUT2D eigenvalue weighted by molar-refractivity contribution is 6.06. The zero-order valence-electron chi connectivity index (χ0n) is 18.9. The molecule has 170 valence electrons. The number of H-pyrrole nitrogens is 1. The number of nitrogens with one attached hydrogen (secondary N) is 3. The fourth-order valence-electron chi connectivity index (χ4n) is 4.15. The Hall–Kier alpha value is -3.69. The Bertz CT molecular complexity index is 1250. The van der Waals surface area contributed by atoms with Gasteiger partial charge in [-0.15, -0.1) is 0 Å². The number of benzene rings is 1. The first-order chi connectivity index (χ1) is 16.1. The second kappa shape index (κ2) is 9.05. The first-order valence-electron chi connectivity index (χ1n) is 11.1. The molecule has 0 atom stereocenters. The number of anilines is 2. The first kappa shape index (κ1) is 21.2. The van der Waals surface area contributed by atoms with Crippen molar-refractivity contribution in [1.29, 1.82) is 0 Å². The molecule has 0 spiro atoms. The van der Waals surface area contributed by atoms with Gasteiger partial charge in [0.05, 0.1) is 11.7 Å². The summed E-state index contributed by atoms with van der Waals surface area (Å²) in [5, 5.41) is 11.0. The molecule has 3 N–H and O–H groups in total. The van der Waals surface area contributed by atoms with Gasteiger partial charge < -0.3 is 10.2 Å². The van der Waals surface area contributed by atoms with Crippen LogP contribution in [0.25, 0.3) is 10.9 Å². The number of aromatic amines is 1. The van der Waals surface area contributed by atoms with Crippen molar-refractivity contribution in [1.82, 2.24) is 29.7 Å². The normalized spacial score (nSPS) is 15.1. The molecule has 33 heavy (non-hydrogen) atoms. The van der Waals surface area contributed by atoms with E-state index in [2.05, 4.69) is 61.0 Å². The molecule has 0 radical (unpaired) electrons. The molecule has 0 bridgehead atoms. The molecule has 4 heterocycles. The summed E-state index contributed by atoms with van der Waals surface area (Å²) in [5.41, 5.74) is 8.07. The molecule has 1 aliphatic rings. The lowest BCUT2D eigenvalue weighted by molar-refractivity contribution is 0.102. The summed E-state index contributed by atoms with van der Waals surface area (Å²) in [4.78, 5) is 22.0. The lowest BCUT2D eigenvalue weighted by Gasteiger charge is -2.32. The minimum Gasteiger partial charge on any atom is -0.321 e. The van der Waals surface area contributed by atoms with Crippen LogP contribution in [-0.2, 0) is 6.54 Å². The molecule has 9 heteroatoms. The van der Waals surface area contributed by atoms with Crippen molar-refractivity contribution in [2.75, 3.05) is 44.0 Å². The number of rotatable bonds is 6. The Kier molecular flexibility index (Phi) is 5.80. The molecule has 4 aromatic rings. The number of aromatic nitrogens is 4. The van der Waals surface area contributed by atoms with Crippen LogP contribution < -0.4 is 10.7 Å². The van der Waals surface area contributed by atoms with E-state index in [4.69, 9.17) is 0 Å². The van der Waals surface area contributed by atoms with Crippen LogP contribution in [0.4, 0.5) is 11.4 Å². The lowest BCUT2D eigenvalue weighted by atomic mass is 10.1. The van der Waals surface area contributed by atoms with Crippen LogP contribution in [0, 0.1) is 6.92 Å². The van der Waals surface area contributed by atoms with Crippen LogP contribution in [0.1, 0.15) is 21.7 Å². The number of hydrogen-bond donors (Lipinski definition) is 3. The van der Waals surface area contributed by atoms with Gasteiger partial charge in [0.25, 0.3) is 5.91 Å². The Morgan fingerprint density at radius 2 is 1.91 bits per heavy atom. The van der Waals surface area contributed by atoms with Crippen LogP contribution in [-0.4, -0.2) is 68.8 Å². The van der Waals surface area contributed by atoms with Gasteiger partial charge >= 0.3 is 0 Å². The number of hydrogen-bond acceptors (Lipinski definition) is 6. The third-order valence-corrected chi connectivity index (χ3v) is 6.09. The third kappa shape index (κ3) is 4.59. The van der Waals surface area contributed by atoms with Gasteiger partial charge in [-0.05, 0) is 43.8 Å². The summed E-state index contributed by atoms with van der Waals surface area (Å²) in [7, 11) is 2.16. The van der Waals surface area contributed by atoms with Crippen molar-refractivity contribution in [3.8, 4) is 0 Å². The van der Waals surface area contributed by atoms with E-state index in [0.29, 0.717) is 11.4 Å². The van der Waals surface area contributed by atoms with Gasteiger partial charge in [-0.3, -0.25) is 29.9 Å². The first-order valence-corrected chi connectivity index (χ1v) is 11.1. The van der Waals surface area contributed by atoms with E-state index in [9.17, 15) is 4.79 Å². The van der Waals surface area contributed by atoms with Crippen molar-refractivity contribution < 1.29 is 4.79 Å². The SMILES string of the molecule is Cc1cc2ccncc2n1Nc1c[nH]nc1C(=O)Nc1ccc(CN2CCN(C)CC2)cc1. The van der Waals surface area contributed by atoms with E-state index in [-0.39, 0.29) is 5.91 Å². The monoisotopic (exact) mass is 444 g/mol. The molecule has 1 fully saturated rings. The quantitative estimate of drug-likeness (QED) is 0.423. The molecule has 0 saturated carbocycles. The minimum atomic E-state index is -0.280. The van der Waals surface area contributed by atoms with E-state index in [1.165, 1.54) is 5.56 Å². The molecule has 0 aliphatic carbocycles. The summed E-state index contributed by atoms with van der Waals surface area (Å²) in [5.74, 6) is -0.280. The van der Waals surface area contributed by atoms with E-state index >= 15 is 0 Å². The van der Waals surface area contributed by atoms with Crippen LogP contribution in [0.2, 0.25) is 0 Å². The van der Waals surface area contributed by atoms with Crippen LogP contribution in [0.3, 0.4) is 0 Å². The molecule has 1 aliphatic heterocycles. The van der Waals surface area contributed by atoms with Crippen LogP contribution >= 0.6 is 0 Å². The Labute approximate surface area is 192 Å². The predicted octanol–water partition coefficient (Wildman–Crippen LogP) is 2.94. The second-order valence-corrected chi connectivity index (χ2v) is 8.55. The van der Waals surface area contributed by atoms with Crippen molar-refractivity contribution in [3.05, 3.63) is 71.9 Å². The van der Waals surface area contributed by atoms with Gasteiger partial charge in [0.15, 0.2) is 5.69 Å². The van der Waals surface area contributed by atoms with E-state index in [1.54, 1.807) is 18.6 Å².